The Balaban J connectivity index is 2.67. The van der Waals surface area contributed by atoms with E-state index in [2.05, 4.69) is 25.7 Å². The van der Waals surface area contributed by atoms with Gasteiger partial charge in [0.05, 0.1) is 5.41 Å². The summed E-state index contributed by atoms with van der Waals surface area (Å²) in [5, 5.41) is 9.33. The fraction of sp³-hybridized carbons (Fsp3) is 0.923. The summed E-state index contributed by atoms with van der Waals surface area (Å²) in [6.07, 6.45) is 2.70. The molecule has 0 aromatic carbocycles. The van der Waals surface area contributed by atoms with E-state index >= 15 is 0 Å². The largest absolute Gasteiger partial charge is 0.481 e. The Labute approximate surface area is 98.8 Å². The second-order valence-corrected chi connectivity index (χ2v) is 5.29. The molecule has 0 spiro atoms. The molecule has 1 aliphatic heterocycles. The quantitative estimate of drug-likeness (QED) is 0.785. The molecule has 0 bridgehead atoms. The van der Waals surface area contributed by atoms with Gasteiger partial charge in [-0.2, -0.15) is 0 Å². The summed E-state index contributed by atoms with van der Waals surface area (Å²) in [4.78, 5) is 13.7. The second-order valence-electron chi connectivity index (χ2n) is 5.29. The van der Waals surface area contributed by atoms with Crippen LogP contribution in [0.15, 0.2) is 0 Å². The molecule has 0 aromatic heterocycles. The maximum atomic E-state index is 11.3. The number of carbonyl (C=O) groups is 1. The molecule has 16 heavy (non-hydrogen) atoms. The van der Waals surface area contributed by atoms with Gasteiger partial charge in [0.25, 0.3) is 0 Å². The van der Waals surface area contributed by atoms with Crippen LogP contribution in [-0.4, -0.2) is 35.1 Å². The van der Waals surface area contributed by atoms with Gasteiger partial charge in [-0.1, -0.05) is 27.2 Å². The van der Waals surface area contributed by atoms with Crippen LogP contribution in [0.5, 0.6) is 0 Å². The van der Waals surface area contributed by atoms with Crippen molar-refractivity contribution in [2.75, 3.05) is 13.1 Å². The average Bonchev–Trinajstić information content (AvgIpc) is 2.72. The zero-order valence-electron chi connectivity index (χ0n) is 11.0. The van der Waals surface area contributed by atoms with Gasteiger partial charge in [0.15, 0.2) is 0 Å². The molecule has 3 unspecified atom stereocenters. The molecule has 1 aliphatic rings. The molecular formula is C13H25NO2. The molecule has 1 saturated heterocycles. The predicted octanol–water partition coefficient (Wildman–Crippen LogP) is 2.61. The van der Waals surface area contributed by atoms with Crippen LogP contribution in [0.25, 0.3) is 0 Å². The summed E-state index contributed by atoms with van der Waals surface area (Å²) < 4.78 is 0. The molecule has 0 radical (unpaired) electrons. The zero-order chi connectivity index (χ0) is 12.3. The molecule has 1 fully saturated rings. The van der Waals surface area contributed by atoms with Crippen molar-refractivity contribution in [3.8, 4) is 0 Å². The number of rotatable bonds is 5. The maximum absolute atomic E-state index is 11.3. The number of hydrogen-bond donors (Lipinski definition) is 1. The Morgan fingerprint density at radius 3 is 2.44 bits per heavy atom. The highest BCUT2D eigenvalue weighted by molar-refractivity contribution is 5.75. The van der Waals surface area contributed by atoms with E-state index in [1.807, 2.05) is 6.92 Å². The number of likely N-dealkylation sites (tertiary alicyclic amines) is 1. The Bertz CT molecular complexity index is 254. The third-order valence-electron chi connectivity index (χ3n) is 4.56. The van der Waals surface area contributed by atoms with Crippen LogP contribution in [0.3, 0.4) is 0 Å². The van der Waals surface area contributed by atoms with Crippen molar-refractivity contribution in [3.63, 3.8) is 0 Å². The molecule has 0 aromatic rings. The van der Waals surface area contributed by atoms with Crippen molar-refractivity contribution in [2.24, 2.45) is 11.3 Å². The lowest BCUT2D eigenvalue weighted by atomic mass is 9.84. The number of hydrogen-bond acceptors (Lipinski definition) is 2. The molecule has 1 rings (SSSR count). The van der Waals surface area contributed by atoms with E-state index in [0.717, 1.165) is 32.4 Å². The van der Waals surface area contributed by atoms with E-state index in [0.29, 0.717) is 12.0 Å². The lowest BCUT2D eigenvalue weighted by Gasteiger charge is -2.30. The first-order valence-corrected chi connectivity index (χ1v) is 6.44. The molecule has 1 N–H and O–H groups in total. The monoisotopic (exact) mass is 227 g/mol. The molecule has 0 aliphatic carbocycles. The van der Waals surface area contributed by atoms with Gasteiger partial charge < -0.3 is 5.11 Å². The van der Waals surface area contributed by atoms with Gasteiger partial charge in [0.2, 0.25) is 0 Å². The minimum Gasteiger partial charge on any atom is -0.481 e. The van der Waals surface area contributed by atoms with Gasteiger partial charge in [-0.3, -0.25) is 9.69 Å². The standard InChI is InChI=1S/C13H25NO2/c1-5-10(3)11(4)14-8-7-13(6-2,9-14)12(15)16/h10-11H,5-9H2,1-4H3,(H,15,16). The number of aliphatic carboxylic acids is 1. The van der Waals surface area contributed by atoms with Crippen LogP contribution in [0.1, 0.15) is 47.0 Å². The van der Waals surface area contributed by atoms with Crippen molar-refractivity contribution in [2.45, 2.75) is 53.0 Å². The van der Waals surface area contributed by atoms with E-state index in [9.17, 15) is 9.90 Å². The topological polar surface area (TPSA) is 40.5 Å². The molecule has 3 atom stereocenters. The second kappa shape index (κ2) is 5.17. The molecule has 0 amide bonds. The average molecular weight is 227 g/mol. The Hall–Kier alpha value is -0.570. The van der Waals surface area contributed by atoms with E-state index in [-0.39, 0.29) is 0 Å². The summed E-state index contributed by atoms with van der Waals surface area (Å²) in [7, 11) is 0. The summed E-state index contributed by atoms with van der Waals surface area (Å²) >= 11 is 0. The van der Waals surface area contributed by atoms with Gasteiger partial charge in [-0.05, 0) is 32.2 Å². The van der Waals surface area contributed by atoms with Gasteiger partial charge >= 0.3 is 5.97 Å². The van der Waals surface area contributed by atoms with Crippen LogP contribution in [0, 0.1) is 11.3 Å². The first-order valence-electron chi connectivity index (χ1n) is 6.44. The molecular weight excluding hydrogens is 202 g/mol. The smallest absolute Gasteiger partial charge is 0.310 e. The van der Waals surface area contributed by atoms with Crippen LogP contribution in [0.4, 0.5) is 0 Å². The minimum absolute atomic E-state index is 0.484. The first-order chi connectivity index (χ1) is 7.46. The third-order valence-corrected chi connectivity index (χ3v) is 4.56. The molecule has 1 heterocycles. The van der Waals surface area contributed by atoms with Crippen molar-refractivity contribution >= 4 is 5.97 Å². The molecule has 3 heteroatoms. The summed E-state index contributed by atoms with van der Waals surface area (Å²) in [5.74, 6) is 0.0234. The number of carboxylic acid groups (broad SMARTS) is 1. The fourth-order valence-electron chi connectivity index (χ4n) is 2.57. The lowest BCUT2D eigenvalue weighted by Crippen LogP contribution is -2.39. The zero-order valence-corrected chi connectivity index (χ0v) is 11.0. The van der Waals surface area contributed by atoms with Gasteiger partial charge in [0, 0.05) is 12.6 Å². The molecule has 0 saturated carbocycles. The van der Waals surface area contributed by atoms with E-state index in [1.165, 1.54) is 0 Å². The molecule has 94 valence electrons. The fourth-order valence-corrected chi connectivity index (χ4v) is 2.57. The normalized spacial score (nSPS) is 30.2. The van der Waals surface area contributed by atoms with E-state index in [4.69, 9.17) is 0 Å². The van der Waals surface area contributed by atoms with Crippen LogP contribution < -0.4 is 0 Å². The lowest BCUT2D eigenvalue weighted by molar-refractivity contribution is -0.148. The number of nitrogens with zero attached hydrogens (tertiary/aromatic N) is 1. The third kappa shape index (κ3) is 2.40. The highest BCUT2D eigenvalue weighted by Gasteiger charge is 2.44. The molecule has 3 nitrogen and oxygen atoms in total. The SMILES string of the molecule is CCC(C)C(C)N1CCC(CC)(C(=O)O)C1. The highest BCUT2D eigenvalue weighted by atomic mass is 16.4. The van der Waals surface area contributed by atoms with Crippen molar-refractivity contribution in [3.05, 3.63) is 0 Å². The minimum atomic E-state index is -0.617. The Morgan fingerprint density at radius 2 is 2.06 bits per heavy atom. The van der Waals surface area contributed by atoms with E-state index in [1.54, 1.807) is 0 Å². The Kier molecular flexibility index (Phi) is 4.36. The van der Waals surface area contributed by atoms with Gasteiger partial charge in [0.1, 0.15) is 0 Å². The predicted molar refractivity (Wildman–Crippen MR) is 65.5 cm³/mol. The van der Waals surface area contributed by atoms with Gasteiger partial charge in [-0.15, -0.1) is 0 Å². The van der Waals surface area contributed by atoms with Gasteiger partial charge in [-0.25, -0.2) is 0 Å². The summed E-state index contributed by atoms with van der Waals surface area (Å²) in [6, 6.07) is 0.498. The maximum Gasteiger partial charge on any atom is 0.310 e. The van der Waals surface area contributed by atoms with Crippen molar-refractivity contribution < 1.29 is 9.90 Å². The highest BCUT2D eigenvalue weighted by Crippen LogP contribution is 2.36. The van der Waals surface area contributed by atoms with Crippen molar-refractivity contribution in [1.82, 2.24) is 4.90 Å². The first kappa shape index (κ1) is 13.5. The van der Waals surface area contributed by atoms with Crippen LogP contribution in [0.2, 0.25) is 0 Å². The van der Waals surface area contributed by atoms with E-state index < -0.39 is 11.4 Å². The number of carboxylic acids is 1. The summed E-state index contributed by atoms with van der Waals surface area (Å²) in [6.45, 7) is 10.3. The van der Waals surface area contributed by atoms with Crippen LogP contribution in [-0.2, 0) is 4.79 Å². The van der Waals surface area contributed by atoms with Crippen LogP contribution >= 0.6 is 0 Å². The van der Waals surface area contributed by atoms with Crippen molar-refractivity contribution in [1.29, 1.82) is 0 Å². The summed E-state index contributed by atoms with van der Waals surface area (Å²) in [5.41, 5.74) is -0.484. The Morgan fingerprint density at radius 1 is 1.44 bits per heavy atom.